The van der Waals surface area contributed by atoms with E-state index >= 15 is 0 Å². The summed E-state index contributed by atoms with van der Waals surface area (Å²) in [6, 6.07) is 8.40. The van der Waals surface area contributed by atoms with E-state index in [9.17, 15) is 0 Å². The minimum Gasteiger partial charge on any atom is -0.381 e. The number of aromatic nitrogens is 1. The second-order valence-corrected chi connectivity index (χ2v) is 6.59. The molecule has 0 amide bonds. The summed E-state index contributed by atoms with van der Waals surface area (Å²) < 4.78 is 6.88. The van der Waals surface area contributed by atoms with Crippen LogP contribution in [0.2, 0.25) is 0 Å². The van der Waals surface area contributed by atoms with E-state index in [1.165, 1.54) is 29.1 Å². The maximum atomic E-state index is 5.58. The van der Waals surface area contributed by atoms with Gasteiger partial charge in [-0.05, 0) is 44.4 Å². The van der Waals surface area contributed by atoms with Gasteiger partial charge in [-0.2, -0.15) is 0 Å². The van der Waals surface area contributed by atoms with Gasteiger partial charge in [0.25, 0.3) is 0 Å². The number of piperidine rings is 1. The summed E-state index contributed by atoms with van der Waals surface area (Å²) in [5.74, 6) is 0.693. The Bertz CT molecular complexity index is 521. The minimum atomic E-state index is 0.693. The standard InChI is InChI=1S/C16H22N2OS/c1-2-19-12-13-6-5-9-18(10-13)11-16-17-14-7-3-4-8-15(14)20-16/h3-4,7-8,13H,2,5-6,9-12H2,1H3. The molecule has 108 valence electrons. The maximum Gasteiger partial charge on any atom is 0.108 e. The van der Waals surface area contributed by atoms with Gasteiger partial charge in [0.2, 0.25) is 0 Å². The lowest BCUT2D eigenvalue weighted by Crippen LogP contribution is -2.36. The van der Waals surface area contributed by atoms with Crippen molar-refractivity contribution in [3.63, 3.8) is 0 Å². The molecule has 1 atom stereocenters. The van der Waals surface area contributed by atoms with Crippen LogP contribution in [0.3, 0.4) is 0 Å². The molecule has 0 saturated carbocycles. The highest BCUT2D eigenvalue weighted by Crippen LogP contribution is 2.24. The van der Waals surface area contributed by atoms with E-state index in [4.69, 9.17) is 9.72 Å². The Hall–Kier alpha value is -0.970. The van der Waals surface area contributed by atoms with Crippen LogP contribution in [0.15, 0.2) is 24.3 Å². The predicted octanol–water partition coefficient (Wildman–Crippen LogP) is 3.54. The first-order valence-electron chi connectivity index (χ1n) is 7.49. The van der Waals surface area contributed by atoms with Crippen LogP contribution < -0.4 is 0 Å². The second-order valence-electron chi connectivity index (χ2n) is 5.48. The lowest BCUT2D eigenvalue weighted by molar-refractivity contribution is 0.0647. The van der Waals surface area contributed by atoms with Crippen LogP contribution in [0, 0.1) is 5.92 Å². The molecule has 3 rings (SSSR count). The molecule has 0 N–H and O–H groups in total. The number of nitrogens with zero attached hydrogens (tertiary/aromatic N) is 2. The van der Waals surface area contributed by atoms with E-state index in [2.05, 4.69) is 36.1 Å². The Morgan fingerprint density at radius 1 is 1.40 bits per heavy atom. The molecule has 0 bridgehead atoms. The molecule has 1 aromatic heterocycles. The Balaban J connectivity index is 1.61. The van der Waals surface area contributed by atoms with Gasteiger partial charge < -0.3 is 4.74 Å². The molecule has 1 saturated heterocycles. The zero-order valence-corrected chi connectivity index (χ0v) is 12.9. The number of para-hydroxylation sites is 1. The van der Waals surface area contributed by atoms with Crippen molar-refractivity contribution in [2.45, 2.75) is 26.3 Å². The fraction of sp³-hybridized carbons (Fsp3) is 0.562. The maximum absolute atomic E-state index is 5.58. The van der Waals surface area contributed by atoms with Gasteiger partial charge in [-0.1, -0.05) is 12.1 Å². The number of benzene rings is 1. The lowest BCUT2D eigenvalue weighted by atomic mass is 9.99. The van der Waals surface area contributed by atoms with E-state index in [0.29, 0.717) is 5.92 Å². The van der Waals surface area contributed by atoms with E-state index in [1.807, 2.05) is 11.3 Å². The molecule has 2 aromatic rings. The van der Waals surface area contributed by atoms with Gasteiger partial charge in [0.1, 0.15) is 5.01 Å². The Morgan fingerprint density at radius 2 is 2.30 bits per heavy atom. The largest absolute Gasteiger partial charge is 0.381 e. The zero-order chi connectivity index (χ0) is 13.8. The van der Waals surface area contributed by atoms with Crippen LogP contribution in [0.4, 0.5) is 0 Å². The van der Waals surface area contributed by atoms with Crippen LogP contribution >= 0.6 is 11.3 Å². The van der Waals surface area contributed by atoms with Crippen LogP contribution in [0.25, 0.3) is 10.2 Å². The van der Waals surface area contributed by atoms with Crippen molar-refractivity contribution in [1.29, 1.82) is 0 Å². The molecule has 1 aromatic carbocycles. The van der Waals surface area contributed by atoms with Crippen LogP contribution in [-0.2, 0) is 11.3 Å². The Labute approximate surface area is 124 Å². The van der Waals surface area contributed by atoms with Crippen molar-refractivity contribution in [2.24, 2.45) is 5.92 Å². The van der Waals surface area contributed by atoms with Gasteiger partial charge in [-0.25, -0.2) is 4.98 Å². The summed E-state index contributed by atoms with van der Waals surface area (Å²) in [6.07, 6.45) is 2.58. The number of ether oxygens (including phenoxy) is 1. The lowest BCUT2D eigenvalue weighted by Gasteiger charge is -2.31. The highest BCUT2D eigenvalue weighted by molar-refractivity contribution is 7.18. The monoisotopic (exact) mass is 290 g/mol. The van der Waals surface area contributed by atoms with Gasteiger partial charge in [0, 0.05) is 13.2 Å². The first-order valence-corrected chi connectivity index (χ1v) is 8.31. The summed E-state index contributed by atoms with van der Waals surface area (Å²) in [6.45, 7) is 7.14. The molecule has 1 unspecified atom stereocenters. The molecular formula is C16H22N2OS. The highest BCUT2D eigenvalue weighted by Gasteiger charge is 2.20. The molecule has 0 spiro atoms. The average molecular weight is 290 g/mol. The third-order valence-electron chi connectivity index (χ3n) is 3.86. The third kappa shape index (κ3) is 3.37. The van der Waals surface area contributed by atoms with E-state index < -0.39 is 0 Å². The van der Waals surface area contributed by atoms with Gasteiger partial charge in [0.15, 0.2) is 0 Å². The van der Waals surface area contributed by atoms with Crippen molar-refractivity contribution in [1.82, 2.24) is 9.88 Å². The first kappa shape index (κ1) is 14.0. The molecule has 1 aliphatic rings. The summed E-state index contributed by atoms with van der Waals surface area (Å²) in [5.41, 5.74) is 1.13. The number of hydrogen-bond acceptors (Lipinski definition) is 4. The third-order valence-corrected chi connectivity index (χ3v) is 4.88. The van der Waals surface area contributed by atoms with Crippen LogP contribution in [-0.4, -0.2) is 36.2 Å². The highest BCUT2D eigenvalue weighted by atomic mass is 32.1. The molecule has 0 aliphatic carbocycles. The number of rotatable bonds is 5. The fourth-order valence-electron chi connectivity index (χ4n) is 2.89. The number of fused-ring (bicyclic) bond motifs is 1. The van der Waals surface area contributed by atoms with Gasteiger partial charge in [-0.15, -0.1) is 11.3 Å². The van der Waals surface area contributed by atoms with Gasteiger partial charge in [0.05, 0.1) is 23.4 Å². The smallest absolute Gasteiger partial charge is 0.108 e. The normalized spacial score (nSPS) is 20.6. The molecule has 1 aliphatic heterocycles. The van der Waals surface area contributed by atoms with Crippen molar-refractivity contribution in [2.75, 3.05) is 26.3 Å². The summed E-state index contributed by atoms with van der Waals surface area (Å²) in [7, 11) is 0. The summed E-state index contributed by atoms with van der Waals surface area (Å²) in [4.78, 5) is 7.27. The number of likely N-dealkylation sites (tertiary alicyclic amines) is 1. The fourth-order valence-corrected chi connectivity index (χ4v) is 3.90. The molecular weight excluding hydrogens is 268 g/mol. The van der Waals surface area contributed by atoms with E-state index in [0.717, 1.165) is 31.8 Å². The molecule has 4 heteroatoms. The van der Waals surface area contributed by atoms with E-state index in [-0.39, 0.29) is 0 Å². The molecule has 1 fully saturated rings. The Kier molecular flexibility index (Phi) is 4.65. The quantitative estimate of drug-likeness (QED) is 0.842. The molecule has 3 nitrogen and oxygen atoms in total. The topological polar surface area (TPSA) is 25.4 Å². The summed E-state index contributed by atoms with van der Waals surface area (Å²) >= 11 is 1.83. The SMILES string of the molecule is CCOCC1CCCN(Cc2nc3ccccc3s2)C1. The van der Waals surface area contributed by atoms with E-state index in [1.54, 1.807) is 0 Å². The van der Waals surface area contributed by atoms with Crippen molar-refractivity contribution < 1.29 is 4.74 Å². The van der Waals surface area contributed by atoms with Crippen molar-refractivity contribution in [3.8, 4) is 0 Å². The number of hydrogen-bond donors (Lipinski definition) is 0. The van der Waals surface area contributed by atoms with Crippen LogP contribution in [0.5, 0.6) is 0 Å². The zero-order valence-electron chi connectivity index (χ0n) is 12.0. The number of thiazole rings is 1. The Morgan fingerprint density at radius 3 is 3.15 bits per heavy atom. The predicted molar refractivity (Wildman–Crippen MR) is 84.1 cm³/mol. The minimum absolute atomic E-state index is 0.693. The van der Waals surface area contributed by atoms with Gasteiger partial charge >= 0.3 is 0 Å². The van der Waals surface area contributed by atoms with Crippen molar-refractivity contribution in [3.05, 3.63) is 29.3 Å². The molecule has 2 heterocycles. The summed E-state index contributed by atoms with van der Waals surface area (Å²) in [5, 5.41) is 1.24. The van der Waals surface area contributed by atoms with Crippen molar-refractivity contribution >= 4 is 21.6 Å². The first-order chi connectivity index (χ1) is 9.85. The second kappa shape index (κ2) is 6.66. The molecule has 20 heavy (non-hydrogen) atoms. The van der Waals surface area contributed by atoms with Crippen LogP contribution in [0.1, 0.15) is 24.8 Å². The average Bonchev–Trinajstić information content (AvgIpc) is 2.87. The molecule has 0 radical (unpaired) electrons. The van der Waals surface area contributed by atoms with Gasteiger partial charge in [-0.3, -0.25) is 4.90 Å².